The van der Waals surface area contributed by atoms with Crippen LogP contribution in [-0.2, 0) is 10.0 Å². The van der Waals surface area contributed by atoms with Crippen molar-refractivity contribution in [3.63, 3.8) is 0 Å². The standard InChI is InChI=1S/C15H10Cl3N3O2S/c16-12-6-1-9(7-13(12)17)14-15(18)20-8-21(14)10-2-4-11(5-3-10)24(19,22)23/h1-8H,(H2,19,22,23). The van der Waals surface area contributed by atoms with Gasteiger partial charge in [0.25, 0.3) is 0 Å². The Labute approximate surface area is 153 Å². The van der Waals surface area contributed by atoms with Crippen LogP contribution in [0.25, 0.3) is 16.9 Å². The number of primary sulfonamides is 1. The van der Waals surface area contributed by atoms with Crippen LogP contribution in [-0.4, -0.2) is 18.0 Å². The molecule has 0 atom stereocenters. The van der Waals surface area contributed by atoms with Crippen LogP contribution in [0, 0.1) is 0 Å². The summed E-state index contributed by atoms with van der Waals surface area (Å²) in [5.74, 6) is 0. The largest absolute Gasteiger partial charge is 0.297 e. The van der Waals surface area contributed by atoms with E-state index in [4.69, 9.17) is 39.9 Å². The Bertz CT molecular complexity index is 1010. The molecule has 0 aliphatic heterocycles. The van der Waals surface area contributed by atoms with E-state index in [0.29, 0.717) is 21.4 Å². The van der Waals surface area contributed by atoms with E-state index in [0.717, 1.165) is 5.56 Å². The molecular weight excluding hydrogens is 393 g/mol. The third-order valence-electron chi connectivity index (χ3n) is 3.36. The van der Waals surface area contributed by atoms with Gasteiger partial charge in [0.15, 0.2) is 5.15 Å². The second kappa shape index (κ2) is 6.38. The van der Waals surface area contributed by atoms with Crippen molar-refractivity contribution in [2.45, 2.75) is 4.90 Å². The molecule has 0 saturated heterocycles. The minimum absolute atomic E-state index is 0.0218. The summed E-state index contributed by atoms with van der Waals surface area (Å²) in [6.07, 6.45) is 1.53. The Kier molecular flexibility index (Phi) is 4.59. The molecule has 2 aromatic carbocycles. The van der Waals surface area contributed by atoms with Gasteiger partial charge in [0.2, 0.25) is 10.0 Å². The number of rotatable bonds is 3. The molecule has 0 amide bonds. The number of imidazole rings is 1. The van der Waals surface area contributed by atoms with Gasteiger partial charge in [-0.3, -0.25) is 4.57 Å². The first-order chi connectivity index (χ1) is 11.3. The molecule has 9 heteroatoms. The molecular formula is C15H10Cl3N3O2S. The summed E-state index contributed by atoms with van der Waals surface area (Å²) in [5.41, 5.74) is 2.00. The Balaban J connectivity index is 2.12. The number of nitrogens with two attached hydrogens (primary N) is 1. The molecule has 5 nitrogen and oxygen atoms in total. The predicted octanol–water partition coefficient (Wildman–Crippen LogP) is 4.15. The zero-order chi connectivity index (χ0) is 17.5. The number of benzene rings is 2. The van der Waals surface area contributed by atoms with Crippen molar-refractivity contribution in [1.82, 2.24) is 9.55 Å². The van der Waals surface area contributed by atoms with Gasteiger partial charge in [-0.05, 0) is 36.4 Å². The van der Waals surface area contributed by atoms with Gasteiger partial charge in [0, 0.05) is 11.3 Å². The molecule has 0 saturated carbocycles. The van der Waals surface area contributed by atoms with Crippen molar-refractivity contribution in [3.05, 3.63) is 64.0 Å². The molecule has 0 fully saturated rings. The quantitative estimate of drug-likeness (QED) is 0.715. The molecule has 0 spiro atoms. The fourth-order valence-electron chi connectivity index (χ4n) is 2.22. The van der Waals surface area contributed by atoms with Crippen LogP contribution in [0.15, 0.2) is 53.7 Å². The molecule has 0 radical (unpaired) electrons. The summed E-state index contributed by atoms with van der Waals surface area (Å²) in [7, 11) is -3.75. The van der Waals surface area contributed by atoms with Crippen LogP contribution in [0.3, 0.4) is 0 Å². The van der Waals surface area contributed by atoms with Gasteiger partial charge in [-0.1, -0.05) is 40.9 Å². The molecule has 0 bridgehead atoms. The second-order valence-corrected chi connectivity index (χ2v) is 7.66. The van der Waals surface area contributed by atoms with Gasteiger partial charge in [-0.2, -0.15) is 0 Å². The lowest BCUT2D eigenvalue weighted by Gasteiger charge is -2.10. The summed E-state index contributed by atoms with van der Waals surface area (Å²) in [5, 5.41) is 6.21. The fourth-order valence-corrected chi connectivity index (χ4v) is 3.28. The number of hydrogen-bond acceptors (Lipinski definition) is 3. The minimum Gasteiger partial charge on any atom is -0.297 e. The lowest BCUT2D eigenvalue weighted by atomic mass is 10.1. The van der Waals surface area contributed by atoms with Crippen molar-refractivity contribution in [1.29, 1.82) is 0 Å². The Morgan fingerprint density at radius 2 is 1.62 bits per heavy atom. The highest BCUT2D eigenvalue weighted by atomic mass is 35.5. The van der Waals surface area contributed by atoms with E-state index in [9.17, 15) is 8.42 Å². The highest BCUT2D eigenvalue weighted by molar-refractivity contribution is 7.89. The van der Waals surface area contributed by atoms with Crippen LogP contribution in [0.4, 0.5) is 0 Å². The minimum atomic E-state index is -3.75. The zero-order valence-electron chi connectivity index (χ0n) is 11.9. The van der Waals surface area contributed by atoms with Crippen molar-refractivity contribution >= 4 is 44.8 Å². The summed E-state index contributed by atoms with van der Waals surface area (Å²) >= 11 is 18.2. The molecule has 3 aromatic rings. The number of nitrogens with zero attached hydrogens (tertiary/aromatic N) is 2. The lowest BCUT2D eigenvalue weighted by Crippen LogP contribution is -2.12. The molecule has 0 aliphatic rings. The topological polar surface area (TPSA) is 78.0 Å². The predicted molar refractivity (Wildman–Crippen MR) is 95.4 cm³/mol. The van der Waals surface area contributed by atoms with E-state index >= 15 is 0 Å². The fraction of sp³-hybridized carbons (Fsp3) is 0. The number of hydrogen-bond donors (Lipinski definition) is 1. The Morgan fingerprint density at radius 1 is 0.958 bits per heavy atom. The van der Waals surface area contributed by atoms with E-state index in [1.807, 2.05) is 0 Å². The first-order valence-corrected chi connectivity index (χ1v) is 9.27. The summed E-state index contributed by atoms with van der Waals surface area (Å²) in [4.78, 5) is 4.12. The second-order valence-electron chi connectivity index (χ2n) is 4.92. The van der Waals surface area contributed by atoms with Gasteiger partial charge >= 0.3 is 0 Å². The van der Waals surface area contributed by atoms with Crippen LogP contribution < -0.4 is 5.14 Å². The lowest BCUT2D eigenvalue weighted by molar-refractivity contribution is 0.598. The van der Waals surface area contributed by atoms with Gasteiger partial charge in [-0.25, -0.2) is 18.5 Å². The SMILES string of the molecule is NS(=O)(=O)c1ccc(-n2cnc(Cl)c2-c2ccc(Cl)c(Cl)c2)cc1. The van der Waals surface area contributed by atoms with Crippen LogP contribution in [0.5, 0.6) is 0 Å². The zero-order valence-corrected chi connectivity index (χ0v) is 15.0. The monoisotopic (exact) mass is 401 g/mol. The first-order valence-electron chi connectivity index (χ1n) is 6.59. The Morgan fingerprint density at radius 3 is 2.21 bits per heavy atom. The van der Waals surface area contributed by atoms with Gasteiger partial charge < -0.3 is 0 Å². The summed E-state index contributed by atoms with van der Waals surface area (Å²) in [6.45, 7) is 0. The molecule has 1 aromatic heterocycles. The van der Waals surface area contributed by atoms with Crippen LogP contribution >= 0.6 is 34.8 Å². The molecule has 0 aliphatic carbocycles. The maximum absolute atomic E-state index is 11.4. The first kappa shape index (κ1) is 17.3. The highest BCUT2D eigenvalue weighted by Gasteiger charge is 2.15. The van der Waals surface area contributed by atoms with E-state index in [1.165, 1.54) is 18.5 Å². The molecule has 3 rings (SSSR count). The van der Waals surface area contributed by atoms with Gasteiger partial charge in [0.1, 0.15) is 6.33 Å². The Hall–Kier alpha value is -1.57. The normalized spacial score (nSPS) is 11.7. The smallest absolute Gasteiger partial charge is 0.238 e. The van der Waals surface area contributed by atoms with E-state index in [2.05, 4.69) is 4.98 Å². The highest BCUT2D eigenvalue weighted by Crippen LogP contribution is 2.33. The number of halogens is 3. The molecule has 124 valence electrons. The van der Waals surface area contributed by atoms with E-state index < -0.39 is 10.0 Å². The average molecular weight is 403 g/mol. The summed E-state index contributed by atoms with van der Waals surface area (Å²) in [6, 6.07) is 11.2. The maximum Gasteiger partial charge on any atom is 0.238 e. The average Bonchev–Trinajstić information content (AvgIpc) is 2.91. The molecule has 24 heavy (non-hydrogen) atoms. The van der Waals surface area contributed by atoms with Crippen LogP contribution in [0.2, 0.25) is 15.2 Å². The van der Waals surface area contributed by atoms with Crippen molar-refractivity contribution in [2.24, 2.45) is 5.14 Å². The third-order valence-corrected chi connectivity index (χ3v) is 5.30. The molecule has 2 N–H and O–H groups in total. The van der Waals surface area contributed by atoms with Crippen molar-refractivity contribution < 1.29 is 8.42 Å². The maximum atomic E-state index is 11.4. The van der Waals surface area contributed by atoms with E-state index in [1.54, 1.807) is 34.9 Å². The number of sulfonamides is 1. The third kappa shape index (κ3) is 3.29. The summed E-state index contributed by atoms with van der Waals surface area (Å²) < 4.78 is 24.4. The van der Waals surface area contributed by atoms with Gasteiger partial charge in [-0.15, -0.1) is 0 Å². The molecule has 1 heterocycles. The van der Waals surface area contributed by atoms with Crippen molar-refractivity contribution in [2.75, 3.05) is 0 Å². The van der Waals surface area contributed by atoms with Crippen molar-refractivity contribution in [3.8, 4) is 16.9 Å². The van der Waals surface area contributed by atoms with Gasteiger partial charge in [0.05, 0.1) is 20.6 Å². The number of aromatic nitrogens is 2. The van der Waals surface area contributed by atoms with E-state index in [-0.39, 0.29) is 10.0 Å². The molecule has 0 unspecified atom stereocenters. The van der Waals surface area contributed by atoms with Crippen LogP contribution in [0.1, 0.15) is 0 Å².